The fourth-order valence-electron chi connectivity index (χ4n) is 1.46. The van der Waals surface area contributed by atoms with Gasteiger partial charge in [0.05, 0.1) is 19.1 Å². The number of likely N-dealkylation sites (tertiary alicyclic amines) is 1. The molecule has 0 aliphatic carbocycles. The minimum absolute atomic E-state index is 0.148. The third kappa shape index (κ3) is 4.82. The van der Waals surface area contributed by atoms with Crippen LogP contribution in [0.4, 0.5) is 0 Å². The fraction of sp³-hybridized carbons (Fsp3) is 0.727. The van der Waals surface area contributed by atoms with Crippen molar-refractivity contribution in [2.24, 2.45) is 5.73 Å². The molecule has 1 rings (SSSR count). The Morgan fingerprint density at radius 3 is 2.73 bits per heavy atom. The summed E-state index contributed by atoms with van der Waals surface area (Å²) in [5.41, 5.74) is 5.38. The molecule has 1 saturated heterocycles. The summed E-state index contributed by atoms with van der Waals surface area (Å²) in [6, 6.07) is -0.453. The number of nitrogens with zero attached hydrogens (tertiary/aromatic N) is 1. The second kappa shape index (κ2) is 6.44. The number of hydrogen-bond donors (Lipinski definition) is 2. The Balaban J connectivity index is 2.08. The number of carbonyl (C=O) groups excluding carboxylic acids is 1. The predicted molar refractivity (Wildman–Crippen MR) is 60.1 cm³/mol. The van der Waals surface area contributed by atoms with Crippen LogP contribution < -0.4 is 11.1 Å². The lowest BCUT2D eigenvalue weighted by atomic mass is 10.3. The third-order valence-corrected chi connectivity index (χ3v) is 2.39. The first-order chi connectivity index (χ1) is 7.20. The maximum Gasteiger partial charge on any atom is 0.237 e. The van der Waals surface area contributed by atoms with E-state index in [-0.39, 0.29) is 5.91 Å². The Bertz CT molecular complexity index is 259. The summed E-state index contributed by atoms with van der Waals surface area (Å²) >= 11 is 0. The van der Waals surface area contributed by atoms with Crippen LogP contribution in [0.5, 0.6) is 0 Å². The van der Waals surface area contributed by atoms with Crippen LogP contribution in [-0.4, -0.2) is 43.0 Å². The van der Waals surface area contributed by atoms with Crippen molar-refractivity contribution in [1.29, 1.82) is 0 Å². The molecule has 0 spiro atoms. The highest BCUT2D eigenvalue weighted by Gasteiger charge is 2.08. The SMILES string of the molecule is CC(N)C(=O)NCC#CCN1CCCC1. The lowest BCUT2D eigenvalue weighted by Gasteiger charge is -2.08. The van der Waals surface area contributed by atoms with Crippen molar-refractivity contribution in [3.8, 4) is 11.8 Å². The standard InChI is InChI=1S/C11H19N3O/c1-10(12)11(15)13-6-2-3-7-14-8-4-5-9-14/h10H,4-9,12H2,1H3,(H,13,15). The van der Waals surface area contributed by atoms with Gasteiger partial charge in [-0.25, -0.2) is 0 Å². The summed E-state index contributed by atoms with van der Waals surface area (Å²) in [5, 5.41) is 2.65. The van der Waals surface area contributed by atoms with Crippen LogP contribution in [0.25, 0.3) is 0 Å². The van der Waals surface area contributed by atoms with Gasteiger partial charge in [-0.15, -0.1) is 0 Å². The molecule has 1 amide bonds. The molecule has 0 aromatic heterocycles. The number of carbonyl (C=O) groups is 1. The Kier molecular flexibility index (Phi) is 5.16. The molecule has 1 aliphatic heterocycles. The molecule has 15 heavy (non-hydrogen) atoms. The zero-order chi connectivity index (χ0) is 11.1. The molecular formula is C11H19N3O. The molecule has 1 atom stereocenters. The van der Waals surface area contributed by atoms with Crippen molar-refractivity contribution in [1.82, 2.24) is 10.2 Å². The third-order valence-electron chi connectivity index (χ3n) is 2.39. The minimum atomic E-state index is -0.453. The topological polar surface area (TPSA) is 58.4 Å². The van der Waals surface area contributed by atoms with Crippen molar-refractivity contribution in [3.63, 3.8) is 0 Å². The summed E-state index contributed by atoms with van der Waals surface area (Å²) in [7, 11) is 0. The van der Waals surface area contributed by atoms with Crippen molar-refractivity contribution in [2.75, 3.05) is 26.2 Å². The monoisotopic (exact) mass is 209 g/mol. The lowest BCUT2D eigenvalue weighted by molar-refractivity contribution is -0.121. The van der Waals surface area contributed by atoms with E-state index in [1.165, 1.54) is 12.8 Å². The van der Waals surface area contributed by atoms with Gasteiger partial charge >= 0.3 is 0 Å². The molecule has 1 heterocycles. The second-order valence-electron chi connectivity index (χ2n) is 3.84. The normalized spacial score (nSPS) is 18.0. The molecule has 1 unspecified atom stereocenters. The molecule has 1 fully saturated rings. The van der Waals surface area contributed by atoms with Crippen LogP contribution in [0.1, 0.15) is 19.8 Å². The van der Waals surface area contributed by atoms with Crippen LogP contribution in [0.3, 0.4) is 0 Å². The first-order valence-corrected chi connectivity index (χ1v) is 5.41. The average molecular weight is 209 g/mol. The number of nitrogens with one attached hydrogen (secondary N) is 1. The summed E-state index contributed by atoms with van der Waals surface area (Å²) in [6.45, 7) is 5.18. The van der Waals surface area contributed by atoms with Crippen LogP contribution in [0.15, 0.2) is 0 Å². The Labute approximate surface area is 91.2 Å². The second-order valence-corrected chi connectivity index (χ2v) is 3.84. The first kappa shape index (κ1) is 12.0. The maximum absolute atomic E-state index is 11.0. The van der Waals surface area contributed by atoms with E-state index < -0.39 is 6.04 Å². The van der Waals surface area contributed by atoms with E-state index in [4.69, 9.17) is 5.73 Å². The quantitative estimate of drug-likeness (QED) is 0.619. The van der Waals surface area contributed by atoms with Crippen molar-refractivity contribution >= 4 is 5.91 Å². The van der Waals surface area contributed by atoms with Gasteiger partial charge in [0.25, 0.3) is 0 Å². The van der Waals surface area contributed by atoms with Gasteiger partial charge in [0.15, 0.2) is 0 Å². The van der Waals surface area contributed by atoms with E-state index >= 15 is 0 Å². The fourth-order valence-corrected chi connectivity index (χ4v) is 1.46. The Hall–Kier alpha value is -1.05. The van der Waals surface area contributed by atoms with Gasteiger partial charge < -0.3 is 11.1 Å². The van der Waals surface area contributed by atoms with Gasteiger partial charge in [0.2, 0.25) is 5.91 Å². The minimum Gasteiger partial charge on any atom is -0.344 e. The van der Waals surface area contributed by atoms with E-state index in [0.29, 0.717) is 6.54 Å². The maximum atomic E-state index is 11.0. The van der Waals surface area contributed by atoms with E-state index in [1.807, 2.05) is 0 Å². The molecular weight excluding hydrogens is 190 g/mol. The largest absolute Gasteiger partial charge is 0.344 e. The Morgan fingerprint density at radius 1 is 1.47 bits per heavy atom. The van der Waals surface area contributed by atoms with Gasteiger partial charge in [-0.1, -0.05) is 11.8 Å². The van der Waals surface area contributed by atoms with E-state index in [9.17, 15) is 4.79 Å². The van der Waals surface area contributed by atoms with Gasteiger partial charge in [0.1, 0.15) is 0 Å². The zero-order valence-corrected chi connectivity index (χ0v) is 9.25. The van der Waals surface area contributed by atoms with Crippen molar-refractivity contribution in [3.05, 3.63) is 0 Å². The molecule has 4 nitrogen and oxygen atoms in total. The van der Waals surface area contributed by atoms with Gasteiger partial charge in [0, 0.05) is 0 Å². The van der Waals surface area contributed by atoms with E-state index in [2.05, 4.69) is 22.1 Å². The molecule has 0 bridgehead atoms. The summed E-state index contributed by atoms with van der Waals surface area (Å²) < 4.78 is 0. The van der Waals surface area contributed by atoms with E-state index in [1.54, 1.807) is 6.92 Å². The molecule has 0 aromatic rings. The molecule has 0 saturated carbocycles. The van der Waals surface area contributed by atoms with Crippen molar-refractivity contribution in [2.45, 2.75) is 25.8 Å². The number of rotatable bonds is 3. The van der Waals surface area contributed by atoms with Crippen LogP contribution in [0.2, 0.25) is 0 Å². The summed E-state index contributed by atoms with van der Waals surface area (Å²) in [5.74, 6) is 5.81. The highest BCUT2D eigenvalue weighted by Crippen LogP contribution is 2.05. The Morgan fingerprint density at radius 2 is 2.13 bits per heavy atom. The van der Waals surface area contributed by atoms with Gasteiger partial charge in [-0.2, -0.15) is 0 Å². The van der Waals surface area contributed by atoms with E-state index in [0.717, 1.165) is 19.6 Å². The first-order valence-electron chi connectivity index (χ1n) is 5.41. The molecule has 84 valence electrons. The summed E-state index contributed by atoms with van der Waals surface area (Å²) in [6.07, 6.45) is 2.56. The predicted octanol–water partition coefficient (Wildman–Crippen LogP) is -0.451. The molecule has 1 aliphatic rings. The highest BCUT2D eigenvalue weighted by molar-refractivity contribution is 5.81. The van der Waals surface area contributed by atoms with Crippen LogP contribution >= 0.6 is 0 Å². The molecule has 0 radical (unpaired) electrons. The molecule has 3 N–H and O–H groups in total. The van der Waals surface area contributed by atoms with Crippen LogP contribution in [0, 0.1) is 11.8 Å². The van der Waals surface area contributed by atoms with Gasteiger partial charge in [-0.05, 0) is 32.9 Å². The molecule has 0 aromatic carbocycles. The number of nitrogens with two attached hydrogens (primary N) is 1. The molecule has 4 heteroatoms. The number of hydrogen-bond acceptors (Lipinski definition) is 3. The zero-order valence-electron chi connectivity index (χ0n) is 9.25. The van der Waals surface area contributed by atoms with Crippen LogP contribution in [-0.2, 0) is 4.79 Å². The van der Waals surface area contributed by atoms with Crippen molar-refractivity contribution < 1.29 is 4.79 Å². The summed E-state index contributed by atoms with van der Waals surface area (Å²) in [4.78, 5) is 13.4. The average Bonchev–Trinajstić information content (AvgIpc) is 2.69. The number of amides is 1. The lowest BCUT2D eigenvalue weighted by Crippen LogP contribution is -2.38. The smallest absolute Gasteiger partial charge is 0.237 e. The van der Waals surface area contributed by atoms with Gasteiger partial charge in [-0.3, -0.25) is 9.69 Å². The highest BCUT2D eigenvalue weighted by atomic mass is 16.2.